The van der Waals surface area contributed by atoms with Gasteiger partial charge in [0.05, 0.1) is 15.9 Å². The van der Waals surface area contributed by atoms with Crippen LogP contribution in [0.4, 0.5) is 11.5 Å². The fourth-order valence-corrected chi connectivity index (χ4v) is 3.77. The monoisotopic (exact) mass is 302 g/mol. The van der Waals surface area contributed by atoms with Gasteiger partial charge in [0, 0.05) is 20.1 Å². The van der Waals surface area contributed by atoms with Crippen molar-refractivity contribution in [2.45, 2.75) is 25.5 Å². The first kappa shape index (κ1) is 14.8. The molecule has 9 heteroatoms. The first-order chi connectivity index (χ1) is 9.27. The summed E-state index contributed by atoms with van der Waals surface area (Å²) in [6.07, 6.45) is 0.464. The van der Waals surface area contributed by atoms with Crippen molar-refractivity contribution in [3.63, 3.8) is 0 Å². The molecule has 1 aliphatic heterocycles. The molecule has 20 heavy (non-hydrogen) atoms. The van der Waals surface area contributed by atoms with Gasteiger partial charge in [-0.05, 0) is 13.3 Å². The largest absolute Gasteiger partial charge is 0.349 e. The summed E-state index contributed by atoms with van der Waals surface area (Å²) in [5.41, 5.74) is 0.412. The van der Waals surface area contributed by atoms with Crippen molar-refractivity contribution in [3.8, 4) is 0 Å². The van der Waals surface area contributed by atoms with Crippen molar-refractivity contribution in [2.75, 3.05) is 23.7 Å². The molecule has 1 aliphatic rings. The van der Waals surface area contributed by atoms with E-state index in [0.717, 1.165) is 0 Å². The Morgan fingerprint density at radius 3 is 2.65 bits per heavy atom. The maximum absolute atomic E-state index is 11.7. The van der Waals surface area contributed by atoms with Gasteiger partial charge in [-0.15, -0.1) is 0 Å². The number of rotatable bonds is 3. The zero-order chi connectivity index (χ0) is 15.1. The third-order valence-electron chi connectivity index (χ3n) is 3.62. The lowest BCUT2D eigenvalue weighted by molar-refractivity contribution is -0.384. The summed E-state index contributed by atoms with van der Waals surface area (Å²) >= 11 is 0. The van der Waals surface area contributed by atoms with Crippen molar-refractivity contribution in [1.29, 1.82) is 0 Å². The van der Waals surface area contributed by atoms with Crippen molar-refractivity contribution < 1.29 is 13.3 Å². The smallest absolute Gasteiger partial charge is 0.334 e. The molecule has 0 N–H and O–H groups in total. The van der Waals surface area contributed by atoms with E-state index in [1.807, 2.05) is 6.92 Å². The molecule has 0 aliphatic carbocycles. The van der Waals surface area contributed by atoms with E-state index in [4.69, 9.17) is 0 Å². The standard InChI is InChI=1S/C11H18N4O4S/c1-4-9-10(15(16)17)11(13(3)12-9)14-5-6-20(18,19)8(2)7-14/h8H,4-7H2,1-3H3/t8-/m0/s1. The number of anilines is 1. The van der Waals surface area contributed by atoms with Gasteiger partial charge in [-0.1, -0.05) is 6.92 Å². The van der Waals surface area contributed by atoms with Gasteiger partial charge >= 0.3 is 5.69 Å². The Bertz CT molecular complexity index is 637. The second-order valence-corrected chi connectivity index (χ2v) is 7.52. The molecule has 0 unspecified atom stereocenters. The molecule has 1 saturated heterocycles. The van der Waals surface area contributed by atoms with Crippen molar-refractivity contribution in [1.82, 2.24) is 9.78 Å². The van der Waals surface area contributed by atoms with Gasteiger partial charge in [0.25, 0.3) is 0 Å². The Balaban J connectivity index is 2.44. The third kappa shape index (κ3) is 2.37. The first-order valence-corrected chi connectivity index (χ1v) is 8.16. The van der Waals surface area contributed by atoms with Crippen LogP contribution in [-0.2, 0) is 23.3 Å². The van der Waals surface area contributed by atoms with Crippen LogP contribution < -0.4 is 4.90 Å². The summed E-state index contributed by atoms with van der Waals surface area (Å²) in [4.78, 5) is 12.6. The van der Waals surface area contributed by atoms with E-state index < -0.39 is 20.0 Å². The van der Waals surface area contributed by atoms with E-state index in [1.165, 1.54) is 4.68 Å². The average Bonchev–Trinajstić information content (AvgIpc) is 2.70. The molecule has 1 aromatic rings. The second kappa shape index (κ2) is 5.04. The van der Waals surface area contributed by atoms with Crippen molar-refractivity contribution >= 4 is 21.3 Å². The highest BCUT2D eigenvalue weighted by Crippen LogP contribution is 2.33. The Kier molecular flexibility index (Phi) is 3.72. The van der Waals surface area contributed by atoms with Crippen molar-refractivity contribution in [3.05, 3.63) is 15.8 Å². The predicted molar refractivity (Wildman–Crippen MR) is 74.7 cm³/mol. The van der Waals surface area contributed by atoms with Crippen molar-refractivity contribution in [2.24, 2.45) is 7.05 Å². The minimum absolute atomic E-state index is 0.0119. The second-order valence-electron chi connectivity index (χ2n) is 4.98. The number of nitrogens with zero attached hydrogens (tertiary/aromatic N) is 4. The van der Waals surface area contributed by atoms with E-state index in [0.29, 0.717) is 17.9 Å². The number of hydrogen-bond donors (Lipinski definition) is 0. The summed E-state index contributed by atoms with van der Waals surface area (Å²) in [6, 6.07) is 0. The molecule has 0 saturated carbocycles. The zero-order valence-corrected chi connectivity index (χ0v) is 12.6. The Labute approximate surface area is 117 Å². The van der Waals surface area contributed by atoms with E-state index in [-0.39, 0.29) is 24.5 Å². The highest BCUT2D eigenvalue weighted by atomic mass is 32.2. The molecule has 1 fully saturated rings. The molecule has 112 valence electrons. The van der Waals surface area contributed by atoms with E-state index in [1.54, 1.807) is 18.9 Å². The van der Waals surface area contributed by atoms with Gasteiger partial charge in [-0.3, -0.25) is 10.1 Å². The average molecular weight is 302 g/mol. The van der Waals surface area contributed by atoms with Gasteiger partial charge in [-0.25, -0.2) is 13.1 Å². The van der Waals surface area contributed by atoms with Crippen LogP contribution in [0.15, 0.2) is 0 Å². The maximum atomic E-state index is 11.7. The maximum Gasteiger partial charge on any atom is 0.334 e. The Morgan fingerprint density at radius 2 is 2.15 bits per heavy atom. The summed E-state index contributed by atoms with van der Waals surface area (Å²) < 4.78 is 25.0. The van der Waals surface area contributed by atoms with Gasteiger partial charge in [-0.2, -0.15) is 5.10 Å². The van der Waals surface area contributed by atoms with Gasteiger partial charge < -0.3 is 4.90 Å². The van der Waals surface area contributed by atoms with Crippen LogP contribution in [0.1, 0.15) is 19.5 Å². The summed E-state index contributed by atoms with van der Waals surface area (Å²) in [7, 11) is -1.44. The van der Waals surface area contributed by atoms with Gasteiger partial charge in [0.2, 0.25) is 5.82 Å². The topological polar surface area (TPSA) is 98.3 Å². The molecule has 1 aromatic heterocycles. The van der Waals surface area contributed by atoms with Crippen LogP contribution in [0.3, 0.4) is 0 Å². The minimum atomic E-state index is -3.09. The molecule has 0 radical (unpaired) electrons. The van der Waals surface area contributed by atoms with Crippen LogP contribution >= 0.6 is 0 Å². The molecule has 0 spiro atoms. The van der Waals surface area contributed by atoms with Gasteiger partial charge in [0.1, 0.15) is 5.69 Å². The fourth-order valence-electron chi connectivity index (χ4n) is 2.48. The number of hydrogen-bond acceptors (Lipinski definition) is 6. The van der Waals surface area contributed by atoms with Crippen LogP contribution in [0.2, 0.25) is 0 Å². The van der Waals surface area contributed by atoms with E-state index in [2.05, 4.69) is 5.10 Å². The van der Waals surface area contributed by atoms with E-state index in [9.17, 15) is 18.5 Å². The number of sulfone groups is 1. The predicted octanol–water partition coefficient (Wildman–Crippen LogP) is 0.514. The van der Waals surface area contributed by atoms with Crippen LogP contribution in [-0.4, -0.2) is 47.2 Å². The summed E-state index contributed by atoms with van der Waals surface area (Å²) in [5.74, 6) is 0.409. The molecular formula is C11H18N4O4S. The highest BCUT2D eigenvalue weighted by Gasteiger charge is 2.36. The zero-order valence-electron chi connectivity index (χ0n) is 11.7. The fraction of sp³-hybridized carbons (Fsp3) is 0.727. The lowest BCUT2D eigenvalue weighted by Crippen LogP contribution is -2.46. The highest BCUT2D eigenvalue weighted by molar-refractivity contribution is 7.92. The third-order valence-corrected chi connectivity index (χ3v) is 5.74. The number of aryl methyl sites for hydroxylation is 2. The molecule has 2 rings (SSSR count). The molecule has 8 nitrogen and oxygen atoms in total. The first-order valence-electron chi connectivity index (χ1n) is 6.44. The summed E-state index contributed by atoms with van der Waals surface area (Å²) in [5, 5.41) is 14.9. The Hall–Kier alpha value is -1.64. The lowest BCUT2D eigenvalue weighted by atomic mass is 10.2. The normalized spacial score (nSPS) is 21.9. The molecular weight excluding hydrogens is 284 g/mol. The lowest BCUT2D eigenvalue weighted by Gasteiger charge is -2.31. The quantitative estimate of drug-likeness (QED) is 0.596. The van der Waals surface area contributed by atoms with Crippen LogP contribution in [0.25, 0.3) is 0 Å². The molecule has 0 bridgehead atoms. The van der Waals surface area contributed by atoms with E-state index >= 15 is 0 Å². The minimum Gasteiger partial charge on any atom is -0.349 e. The molecule has 2 heterocycles. The molecule has 0 aromatic carbocycles. The van der Waals surface area contributed by atoms with Crippen LogP contribution in [0.5, 0.6) is 0 Å². The Morgan fingerprint density at radius 1 is 1.50 bits per heavy atom. The summed E-state index contributed by atoms with van der Waals surface area (Å²) in [6.45, 7) is 3.95. The SMILES string of the molecule is CCc1nn(C)c(N2CCS(=O)(=O)[C@@H](C)C2)c1[N+](=O)[O-]. The van der Waals surface area contributed by atoms with Crippen LogP contribution in [0, 0.1) is 10.1 Å². The molecule has 0 amide bonds. The molecule has 1 atom stereocenters. The number of aromatic nitrogens is 2. The van der Waals surface area contributed by atoms with Gasteiger partial charge in [0.15, 0.2) is 9.84 Å². The number of nitro groups is 1.